The van der Waals surface area contributed by atoms with E-state index in [1.54, 1.807) is 0 Å². The number of nitrogens with zero attached hydrogens (tertiary/aromatic N) is 4. The standard InChI is InChI=1S/C13H19ClN4O/c1-10-8-12(16-13(14)15-10)18-3-2-11(9-18)17-4-6-19-7-5-17/h8,11H,2-7,9H2,1H3. The lowest BCUT2D eigenvalue weighted by molar-refractivity contribution is 0.0209. The average molecular weight is 283 g/mol. The van der Waals surface area contributed by atoms with Crippen molar-refractivity contribution in [2.45, 2.75) is 19.4 Å². The molecule has 2 saturated heterocycles. The molecular weight excluding hydrogens is 264 g/mol. The second kappa shape index (κ2) is 5.61. The molecule has 104 valence electrons. The fourth-order valence-electron chi connectivity index (χ4n) is 2.87. The quantitative estimate of drug-likeness (QED) is 0.766. The van der Waals surface area contributed by atoms with Gasteiger partial charge in [0.05, 0.1) is 13.2 Å². The lowest BCUT2D eigenvalue weighted by Crippen LogP contribution is -2.44. The molecule has 0 saturated carbocycles. The van der Waals surface area contributed by atoms with Gasteiger partial charge in [0.1, 0.15) is 5.82 Å². The van der Waals surface area contributed by atoms with Gasteiger partial charge >= 0.3 is 0 Å². The molecule has 0 bridgehead atoms. The number of hydrogen-bond donors (Lipinski definition) is 0. The van der Waals surface area contributed by atoms with Crippen LogP contribution in [0.25, 0.3) is 0 Å². The summed E-state index contributed by atoms with van der Waals surface area (Å²) in [4.78, 5) is 13.3. The molecule has 2 aliphatic heterocycles. The van der Waals surface area contributed by atoms with Crippen LogP contribution in [0.1, 0.15) is 12.1 Å². The highest BCUT2D eigenvalue weighted by molar-refractivity contribution is 6.28. The van der Waals surface area contributed by atoms with E-state index in [0.29, 0.717) is 11.3 Å². The maximum absolute atomic E-state index is 5.94. The summed E-state index contributed by atoms with van der Waals surface area (Å²) in [6.45, 7) is 7.81. The number of anilines is 1. The third-order valence-electron chi connectivity index (χ3n) is 3.86. The first kappa shape index (κ1) is 13.1. The fourth-order valence-corrected chi connectivity index (χ4v) is 3.09. The Hall–Kier alpha value is -0.910. The Morgan fingerprint density at radius 1 is 1.26 bits per heavy atom. The van der Waals surface area contributed by atoms with Crippen LogP contribution in [0.15, 0.2) is 6.07 Å². The van der Waals surface area contributed by atoms with Crippen molar-refractivity contribution in [1.29, 1.82) is 0 Å². The largest absolute Gasteiger partial charge is 0.379 e. The van der Waals surface area contributed by atoms with Crippen LogP contribution in [-0.4, -0.2) is 60.3 Å². The third-order valence-corrected chi connectivity index (χ3v) is 4.03. The number of morpholine rings is 1. The van der Waals surface area contributed by atoms with Gasteiger partial charge in [-0.2, -0.15) is 0 Å². The van der Waals surface area contributed by atoms with Crippen LogP contribution in [0.4, 0.5) is 5.82 Å². The van der Waals surface area contributed by atoms with Gasteiger partial charge in [0.2, 0.25) is 5.28 Å². The molecule has 0 aliphatic carbocycles. The molecule has 2 aliphatic rings. The monoisotopic (exact) mass is 282 g/mol. The van der Waals surface area contributed by atoms with Crippen molar-refractivity contribution < 1.29 is 4.74 Å². The normalized spacial score (nSPS) is 24.9. The van der Waals surface area contributed by atoms with Gasteiger partial charge in [0.15, 0.2) is 0 Å². The van der Waals surface area contributed by atoms with E-state index in [1.807, 2.05) is 13.0 Å². The van der Waals surface area contributed by atoms with Gasteiger partial charge in [0.25, 0.3) is 0 Å². The third kappa shape index (κ3) is 2.99. The smallest absolute Gasteiger partial charge is 0.224 e. The molecule has 1 unspecified atom stereocenters. The zero-order valence-electron chi connectivity index (χ0n) is 11.2. The summed E-state index contributed by atoms with van der Waals surface area (Å²) < 4.78 is 5.41. The molecule has 1 atom stereocenters. The van der Waals surface area contributed by atoms with Gasteiger partial charge in [-0.25, -0.2) is 9.97 Å². The van der Waals surface area contributed by atoms with E-state index < -0.39 is 0 Å². The summed E-state index contributed by atoms with van der Waals surface area (Å²) >= 11 is 5.94. The second-order valence-corrected chi connectivity index (χ2v) is 5.51. The minimum Gasteiger partial charge on any atom is -0.379 e. The fraction of sp³-hybridized carbons (Fsp3) is 0.692. The van der Waals surface area contributed by atoms with E-state index in [4.69, 9.17) is 16.3 Å². The molecule has 3 heterocycles. The maximum Gasteiger partial charge on any atom is 0.224 e. The Balaban J connectivity index is 1.67. The van der Waals surface area contributed by atoms with E-state index in [2.05, 4.69) is 19.8 Å². The maximum atomic E-state index is 5.94. The van der Waals surface area contributed by atoms with Gasteiger partial charge in [0, 0.05) is 44.0 Å². The SMILES string of the molecule is Cc1cc(N2CCC(N3CCOCC3)C2)nc(Cl)n1. The average Bonchev–Trinajstić information content (AvgIpc) is 2.88. The van der Waals surface area contributed by atoms with E-state index in [0.717, 1.165) is 50.9 Å². The van der Waals surface area contributed by atoms with Crippen molar-refractivity contribution in [2.75, 3.05) is 44.3 Å². The van der Waals surface area contributed by atoms with Crippen molar-refractivity contribution in [2.24, 2.45) is 0 Å². The summed E-state index contributed by atoms with van der Waals surface area (Å²) in [5.74, 6) is 0.952. The lowest BCUT2D eigenvalue weighted by Gasteiger charge is -2.32. The molecule has 19 heavy (non-hydrogen) atoms. The van der Waals surface area contributed by atoms with E-state index in [9.17, 15) is 0 Å². The summed E-state index contributed by atoms with van der Waals surface area (Å²) in [7, 11) is 0. The van der Waals surface area contributed by atoms with Crippen LogP contribution >= 0.6 is 11.6 Å². The lowest BCUT2D eigenvalue weighted by atomic mass is 10.2. The Kier molecular flexibility index (Phi) is 3.86. The Bertz CT molecular complexity index is 430. The highest BCUT2D eigenvalue weighted by Gasteiger charge is 2.29. The van der Waals surface area contributed by atoms with Gasteiger partial charge in [-0.05, 0) is 24.9 Å². The molecule has 0 spiro atoms. The molecule has 0 amide bonds. The molecule has 1 aromatic heterocycles. The number of halogens is 1. The molecule has 0 N–H and O–H groups in total. The minimum absolute atomic E-state index is 0.338. The molecule has 2 fully saturated rings. The molecule has 0 radical (unpaired) electrons. The predicted octanol–water partition coefficient (Wildman–Crippen LogP) is 1.35. The molecule has 3 rings (SSSR count). The van der Waals surface area contributed by atoms with Crippen LogP contribution in [0, 0.1) is 6.92 Å². The first-order valence-electron chi connectivity index (χ1n) is 6.80. The molecular formula is C13H19ClN4O. The molecule has 5 nitrogen and oxygen atoms in total. The van der Waals surface area contributed by atoms with Crippen LogP contribution in [0.2, 0.25) is 5.28 Å². The first-order valence-corrected chi connectivity index (χ1v) is 7.18. The summed E-state index contributed by atoms with van der Waals surface area (Å²) in [5, 5.41) is 0.338. The van der Waals surface area contributed by atoms with Crippen molar-refractivity contribution in [1.82, 2.24) is 14.9 Å². The van der Waals surface area contributed by atoms with Gasteiger partial charge in [-0.3, -0.25) is 4.90 Å². The minimum atomic E-state index is 0.338. The zero-order chi connectivity index (χ0) is 13.2. The zero-order valence-corrected chi connectivity index (χ0v) is 11.9. The Labute approximate surface area is 118 Å². The van der Waals surface area contributed by atoms with Crippen LogP contribution < -0.4 is 4.90 Å². The molecule has 0 aromatic carbocycles. The van der Waals surface area contributed by atoms with Crippen molar-refractivity contribution >= 4 is 17.4 Å². The first-order chi connectivity index (χ1) is 9.22. The van der Waals surface area contributed by atoms with E-state index in [-0.39, 0.29) is 0 Å². The Morgan fingerprint density at radius 2 is 2.05 bits per heavy atom. The van der Waals surface area contributed by atoms with Crippen molar-refractivity contribution in [3.05, 3.63) is 17.0 Å². The highest BCUT2D eigenvalue weighted by Crippen LogP contribution is 2.23. The van der Waals surface area contributed by atoms with Gasteiger partial charge < -0.3 is 9.64 Å². The van der Waals surface area contributed by atoms with Crippen molar-refractivity contribution in [3.8, 4) is 0 Å². The molecule has 1 aromatic rings. The van der Waals surface area contributed by atoms with Crippen LogP contribution in [-0.2, 0) is 4.74 Å². The summed E-state index contributed by atoms with van der Waals surface area (Å²) in [5.41, 5.74) is 0.921. The van der Waals surface area contributed by atoms with Gasteiger partial charge in [-0.15, -0.1) is 0 Å². The summed E-state index contributed by atoms with van der Waals surface area (Å²) in [6, 6.07) is 2.62. The van der Waals surface area contributed by atoms with E-state index >= 15 is 0 Å². The predicted molar refractivity (Wildman–Crippen MR) is 74.8 cm³/mol. The topological polar surface area (TPSA) is 41.5 Å². The number of aryl methyl sites for hydroxylation is 1. The number of rotatable bonds is 2. The Morgan fingerprint density at radius 3 is 2.79 bits per heavy atom. The molecule has 6 heteroatoms. The number of ether oxygens (including phenoxy) is 1. The van der Waals surface area contributed by atoms with Crippen LogP contribution in [0.3, 0.4) is 0 Å². The van der Waals surface area contributed by atoms with Crippen molar-refractivity contribution in [3.63, 3.8) is 0 Å². The summed E-state index contributed by atoms with van der Waals surface area (Å²) in [6.07, 6.45) is 1.18. The number of hydrogen-bond acceptors (Lipinski definition) is 5. The van der Waals surface area contributed by atoms with Gasteiger partial charge in [-0.1, -0.05) is 0 Å². The highest BCUT2D eigenvalue weighted by atomic mass is 35.5. The second-order valence-electron chi connectivity index (χ2n) is 5.17. The number of aromatic nitrogens is 2. The van der Waals surface area contributed by atoms with E-state index in [1.165, 1.54) is 6.42 Å². The van der Waals surface area contributed by atoms with Crippen LogP contribution in [0.5, 0.6) is 0 Å².